The van der Waals surface area contributed by atoms with E-state index in [1.54, 1.807) is 12.4 Å². The van der Waals surface area contributed by atoms with Gasteiger partial charge in [0.05, 0.1) is 5.92 Å². The first kappa shape index (κ1) is 14.4. The van der Waals surface area contributed by atoms with E-state index in [9.17, 15) is 13.2 Å². The normalized spacial score (nSPS) is 24.6. The van der Waals surface area contributed by atoms with Gasteiger partial charge in [-0.15, -0.1) is 0 Å². The van der Waals surface area contributed by atoms with Gasteiger partial charge in [-0.3, -0.25) is 0 Å². The minimum atomic E-state index is -4.03. The van der Waals surface area contributed by atoms with Crippen molar-refractivity contribution >= 4 is 0 Å². The van der Waals surface area contributed by atoms with Crippen molar-refractivity contribution in [3.63, 3.8) is 0 Å². The molecule has 1 saturated carbocycles. The van der Waals surface area contributed by atoms with Crippen LogP contribution in [0.5, 0.6) is 0 Å². The summed E-state index contributed by atoms with van der Waals surface area (Å²) in [5, 5.41) is 3.24. The Bertz CT molecular complexity index is 362. The molecule has 0 amide bonds. The molecule has 1 aromatic rings. The van der Waals surface area contributed by atoms with Gasteiger partial charge in [0.25, 0.3) is 0 Å². The molecular formula is C13H20F3N3. The first-order valence-corrected chi connectivity index (χ1v) is 6.84. The van der Waals surface area contributed by atoms with Crippen molar-refractivity contribution in [1.82, 2.24) is 15.3 Å². The van der Waals surface area contributed by atoms with Gasteiger partial charge in [-0.1, -0.05) is 6.42 Å². The van der Waals surface area contributed by atoms with E-state index in [-0.39, 0.29) is 18.9 Å². The van der Waals surface area contributed by atoms with Crippen molar-refractivity contribution < 1.29 is 13.2 Å². The van der Waals surface area contributed by atoms with Crippen molar-refractivity contribution in [2.45, 2.75) is 50.7 Å². The zero-order valence-electron chi connectivity index (χ0n) is 10.8. The zero-order chi connectivity index (χ0) is 13.7. The Labute approximate surface area is 111 Å². The molecule has 2 rings (SSSR count). The lowest BCUT2D eigenvalue weighted by Gasteiger charge is -2.31. The summed E-state index contributed by atoms with van der Waals surface area (Å²) in [7, 11) is 0. The maximum atomic E-state index is 12.6. The van der Waals surface area contributed by atoms with E-state index in [0.29, 0.717) is 6.42 Å². The Morgan fingerprint density at radius 3 is 2.89 bits per heavy atom. The molecule has 2 atom stereocenters. The number of hydrogen-bond donors (Lipinski definition) is 2. The van der Waals surface area contributed by atoms with Gasteiger partial charge in [-0.2, -0.15) is 13.2 Å². The van der Waals surface area contributed by atoms with E-state index in [0.717, 1.165) is 31.6 Å². The Balaban J connectivity index is 1.65. The fourth-order valence-corrected chi connectivity index (χ4v) is 2.67. The highest BCUT2D eigenvalue weighted by atomic mass is 19.4. The van der Waals surface area contributed by atoms with E-state index in [1.807, 2.05) is 0 Å². The number of imidazole rings is 1. The molecule has 19 heavy (non-hydrogen) atoms. The van der Waals surface area contributed by atoms with E-state index in [1.165, 1.54) is 0 Å². The van der Waals surface area contributed by atoms with Gasteiger partial charge in [0.1, 0.15) is 5.82 Å². The second kappa shape index (κ2) is 6.41. The molecule has 108 valence electrons. The highest BCUT2D eigenvalue weighted by Crippen LogP contribution is 2.37. The zero-order valence-corrected chi connectivity index (χ0v) is 10.8. The third-order valence-electron chi connectivity index (χ3n) is 3.72. The summed E-state index contributed by atoms with van der Waals surface area (Å²) in [4.78, 5) is 7.13. The molecule has 1 aliphatic rings. The van der Waals surface area contributed by atoms with Gasteiger partial charge in [0.15, 0.2) is 0 Å². The third-order valence-corrected chi connectivity index (χ3v) is 3.72. The molecular weight excluding hydrogens is 255 g/mol. The minimum absolute atomic E-state index is 0.0111. The fraction of sp³-hybridized carbons (Fsp3) is 0.769. The molecule has 1 fully saturated rings. The molecule has 0 aromatic carbocycles. The molecule has 0 radical (unpaired) electrons. The molecule has 3 nitrogen and oxygen atoms in total. The number of aryl methyl sites for hydroxylation is 1. The number of aromatic amines is 1. The predicted molar refractivity (Wildman–Crippen MR) is 66.7 cm³/mol. The standard InChI is InChI=1S/C13H20F3N3/c14-13(15,16)10-3-1-4-11(9-10)17-6-2-5-12-18-7-8-19-12/h7-8,10-11,17H,1-6,9H2,(H,18,19). The Kier molecular flexibility index (Phi) is 4.85. The molecule has 1 heterocycles. The Morgan fingerprint density at radius 1 is 1.37 bits per heavy atom. The lowest BCUT2D eigenvalue weighted by molar-refractivity contribution is -0.183. The molecule has 2 N–H and O–H groups in total. The fourth-order valence-electron chi connectivity index (χ4n) is 2.67. The quantitative estimate of drug-likeness (QED) is 0.811. The monoisotopic (exact) mass is 275 g/mol. The second-order valence-corrected chi connectivity index (χ2v) is 5.20. The third kappa shape index (κ3) is 4.53. The number of alkyl halides is 3. The number of nitrogens with zero attached hydrogens (tertiary/aromatic N) is 1. The first-order chi connectivity index (χ1) is 9.05. The van der Waals surface area contributed by atoms with E-state index in [2.05, 4.69) is 15.3 Å². The molecule has 0 bridgehead atoms. The van der Waals surface area contributed by atoms with Gasteiger partial charge < -0.3 is 10.3 Å². The Hall–Kier alpha value is -1.04. The number of H-pyrrole nitrogens is 1. The van der Waals surface area contributed by atoms with E-state index in [4.69, 9.17) is 0 Å². The number of hydrogen-bond acceptors (Lipinski definition) is 2. The number of aromatic nitrogens is 2. The average molecular weight is 275 g/mol. The van der Waals surface area contributed by atoms with E-state index < -0.39 is 12.1 Å². The van der Waals surface area contributed by atoms with Gasteiger partial charge in [-0.05, 0) is 32.2 Å². The van der Waals surface area contributed by atoms with Crippen LogP contribution in [-0.4, -0.2) is 28.7 Å². The van der Waals surface area contributed by atoms with Crippen LogP contribution < -0.4 is 5.32 Å². The van der Waals surface area contributed by atoms with Gasteiger partial charge in [0.2, 0.25) is 0 Å². The van der Waals surface area contributed by atoms with E-state index >= 15 is 0 Å². The summed E-state index contributed by atoms with van der Waals surface area (Å²) in [6.45, 7) is 0.746. The smallest absolute Gasteiger partial charge is 0.349 e. The highest BCUT2D eigenvalue weighted by Gasteiger charge is 2.41. The molecule has 0 saturated heterocycles. The van der Waals surface area contributed by atoms with Crippen LogP contribution in [0.4, 0.5) is 13.2 Å². The van der Waals surface area contributed by atoms with Gasteiger partial charge in [0, 0.05) is 24.9 Å². The summed E-state index contributed by atoms with van der Waals surface area (Å²) in [5.74, 6) is -0.192. The lowest BCUT2D eigenvalue weighted by Crippen LogP contribution is -2.39. The summed E-state index contributed by atoms with van der Waals surface area (Å²) in [5.41, 5.74) is 0. The molecule has 1 aromatic heterocycles. The summed E-state index contributed by atoms with van der Waals surface area (Å²) in [6, 6.07) is 0.0111. The van der Waals surface area contributed by atoms with Crippen molar-refractivity contribution in [2.75, 3.05) is 6.54 Å². The second-order valence-electron chi connectivity index (χ2n) is 5.20. The summed E-state index contributed by atoms with van der Waals surface area (Å²) < 4.78 is 37.9. The predicted octanol–water partition coefficient (Wildman–Crippen LogP) is 3.05. The summed E-state index contributed by atoms with van der Waals surface area (Å²) >= 11 is 0. The first-order valence-electron chi connectivity index (χ1n) is 6.84. The topological polar surface area (TPSA) is 40.7 Å². The van der Waals surface area contributed by atoms with Crippen molar-refractivity contribution in [3.05, 3.63) is 18.2 Å². The van der Waals surface area contributed by atoms with Crippen LogP contribution in [0.3, 0.4) is 0 Å². The van der Waals surface area contributed by atoms with Crippen molar-refractivity contribution in [3.8, 4) is 0 Å². The van der Waals surface area contributed by atoms with Crippen molar-refractivity contribution in [1.29, 1.82) is 0 Å². The van der Waals surface area contributed by atoms with Crippen molar-refractivity contribution in [2.24, 2.45) is 5.92 Å². The largest absolute Gasteiger partial charge is 0.391 e. The van der Waals surface area contributed by atoms with Crippen LogP contribution in [0.2, 0.25) is 0 Å². The molecule has 0 spiro atoms. The minimum Gasteiger partial charge on any atom is -0.349 e. The SMILES string of the molecule is FC(F)(F)C1CCCC(NCCCc2ncc[nH]2)C1. The van der Waals surface area contributed by atoms with Crippen LogP contribution in [0.1, 0.15) is 37.9 Å². The van der Waals surface area contributed by atoms with Crippen LogP contribution in [0, 0.1) is 5.92 Å². The molecule has 2 unspecified atom stereocenters. The maximum absolute atomic E-state index is 12.6. The van der Waals surface area contributed by atoms with Gasteiger partial charge >= 0.3 is 6.18 Å². The van der Waals surface area contributed by atoms with Crippen LogP contribution >= 0.6 is 0 Å². The highest BCUT2D eigenvalue weighted by molar-refractivity contribution is 4.87. The Morgan fingerprint density at radius 2 is 2.21 bits per heavy atom. The van der Waals surface area contributed by atoms with Crippen LogP contribution in [0.15, 0.2) is 12.4 Å². The summed E-state index contributed by atoms with van der Waals surface area (Å²) in [6.07, 6.45) is 3.20. The molecule has 0 aliphatic heterocycles. The lowest BCUT2D eigenvalue weighted by atomic mass is 9.85. The number of nitrogens with one attached hydrogen (secondary N) is 2. The molecule has 6 heteroatoms. The maximum Gasteiger partial charge on any atom is 0.391 e. The average Bonchev–Trinajstić information content (AvgIpc) is 2.87. The number of rotatable bonds is 5. The van der Waals surface area contributed by atoms with Gasteiger partial charge in [-0.25, -0.2) is 4.98 Å². The molecule has 1 aliphatic carbocycles. The number of halogens is 3. The van der Waals surface area contributed by atoms with Crippen LogP contribution in [0.25, 0.3) is 0 Å². The van der Waals surface area contributed by atoms with Crippen LogP contribution in [-0.2, 0) is 6.42 Å².